The Morgan fingerprint density at radius 2 is 2.07 bits per heavy atom. The molecular formula is C20H22F2N2O3S. The van der Waals surface area contributed by atoms with Gasteiger partial charge in [0.25, 0.3) is 0 Å². The van der Waals surface area contributed by atoms with E-state index < -0.39 is 23.6 Å². The number of carbonyl (C=O) groups is 2. The molecule has 28 heavy (non-hydrogen) atoms. The van der Waals surface area contributed by atoms with Gasteiger partial charge in [0.15, 0.2) is 0 Å². The highest BCUT2D eigenvalue weighted by atomic mass is 32.1. The van der Waals surface area contributed by atoms with E-state index >= 15 is 0 Å². The number of benzene rings is 1. The number of thiophene rings is 1. The molecule has 0 radical (unpaired) electrons. The fourth-order valence-corrected chi connectivity index (χ4v) is 4.00. The van der Waals surface area contributed by atoms with Gasteiger partial charge in [-0.2, -0.15) is 0 Å². The molecular weight excluding hydrogens is 386 g/mol. The fraction of sp³-hybridized carbons (Fsp3) is 0.400. The zero-order chi connectivity index (χ0) is 20.3. The van der Waals surface area contributed by atoms with Crippen LogP contribution in [0.4, 0.5) is 13.8 Å². The van der Waals surface area contributed by atoms with Crippen molar-refractivity contribution >= 4 is 28.2 Å². The van der Waals surface area contributed by atoms with E-state index in [1.54, 1.807) is 13.8 Å². The number of amides is 1. The third kappa shape index (κ3) is 4.74. The Morgan fingerprint density at radius 3 is 2.71 bits per heavy atom. The van der Waals surface area contributed by atoms with Gasteiger partial charge in [0, 0.05) is 17.7 Å². The summed E-state index contributed by atoms with van der Waals surface area (Å²) in [5.74, 6) is -1.76. The van der Waals surface area contributed by atoms with E-state index in [1.165, 1.54) is 23.5 Å². The molecule has 1 heterocycles. The molecule has 2 aromatic rings. The van der Waals surface area contributed by atoms with Crippen LogP contribution in [0, 0.1) is 11.6 Å². The minimum absolute atomic E-state index is 0.0864. The van der Waals surface area contributed by atoms with Crippen LogP contribution in [0.15, 0.2) is 23.6 Å². The number of hydrogen-bond donors (Lipinski definition) is 2. The molecule has 0 unspecified atom stereocenters. The minimum Gasteiger partial charge on any atom is -0.462 e. The third-order valence-corrected chi connectivity index (χ3v) is 5.48. The summed E-state index contributed by atoms with van der Waals surface area (Å²) in [5.41, 5.74) is 1.63. The predicted molar refractivity (Wildman–Crippen MR) is 104 cm³/mol. The summed E-state index contributed by atoms with van der Waals surface area (Å²) in [7, 11) is 0. The van der Waals surface area contributed by atoms with Gasteiger partial charge in [-0.15, -0.1) is 11.3 Å². The maximum atomic E-state index is 13.8. The Labute approximate surface area is 166 Å². The van der Waals surface area contributed by atoms with Crippen LogP contribution in [0.25, 0.3) is 0 Å². The van der Waals surface area contributed by atoms with Gasteiger partial charge >= 0.3 is 5.97 Å². The molecule has 5 nitrogen and oxygen atoms in total. The van der Waals surface area contributed by atoms with Crippen LogP contribution in [0.3, 0.4) is 0 Å². The Kier molecular flexibility index (Phi) is 6.41. The standard InChI is InChI=1S/C20H22F2N2O3S/c1-3-27-20(26)18-15(12-4-5-12)10-28-19(18)24-17(25)9-23-11(2)14-7-6-13(21)8-16(14)22/h6-8,10-12,23H,3-5,9H2,1-2H3,(H,24,25)/t11-/m0/s1. The highest BCUT2D eigenvalue weighted by Gasteiger charge is 2.32. The number of ether oxygens (including phenoxy) is 1. The van der Waals surface area contributed by atoms with Crippen LogP contribution >= 0.6 is 11.3 Å². The summed E-state index contributed by atoms with van der Waals surface area (Å²) in [4.78, 5) is 24.7. The van der Waals surface area contributed by atoms with Crippen molar-refractivity contribution in [1.82, 2.24) is 5.32 Å². The van der Waals surface area contributed by atoms with Gasteiger partial charge in [-0.05, 0) is 49.6 Å². The van der Waals surface area contributed by atoms with Crippen molar-refractivity contribution in [2.75, 3.05) is 18.5 Å². The maximum absolute atomic E-state index is 13.8. The average molecular weight is 408 g/mol. The SMILES string of the molecule is CCOC(=O)c1c(C2CC2)csc1NC(=O)CN[C@@H](C)c1ccc(F)cc1F. The van der Waals surface area contributed by atoms with E-state index in [9.17, 15) is 18.4 Å². The number of anilines is 1. The lowest BCUT2D eigenvalue weighted by molar-refractivity contribution is -0.115. The molecule has 0 saturated heterocycles. The molecule has 2 N–H and O–H groups in total. The summed E-state index contributed by atoms with van der Waals surface area (Å²) in [6.45, 7) is 3.59. The van der Waals surface area contributed by atoms with Gasteiger partial charge in [-0.25, -0.2) is 13.6 Å². The summed E-state index contributed by atoms with van der Waals surface area (Å²) >= 11 is 1.30. The molecule has 3 rings (SSSR count). The largest absolute Gasteiger partial charge is 0.462 e. The Bertz CT molecular complexity index is 880. The number of halogens is 2. The number of rotatable bonds is 8. The highest BCUT2D eigenvalue weighted by Crippen LogP contribution is 2.46. The third-order valence-electron chi connectivity index (χ3n) is 4.57. The lowest BCUT2D eigenvalue weighted by Crippen LogP contribution is -2.30. The van der Waals surface area contributed by atoms with E-state index in [0.717, 1.165) is 24.5 Å². The van der Waals surface area contributed by atoms with Crippen molar-refractivity contribution < 1.29 is 23.1 Å². The molecule has 0 bridgehead atoms. The van der Waals surface area contributed by atoms with Crippen molar-refractivity contribution in [2.24, 2.45) is 0 Å². The Balaban J connectivity index is 1.64. The first-order chi connectivity index (χ1) is 13.4. The first kappa shape index (κ1) is 20.4. The number of esters is 1. The van der Waals surface area contributed by atoms with Crippen molar-refractivity contribution in [3.63, 3.8) is 0 Å². The summed E-state index contributed by atoms with van der Waals surface area (Å²) in [6, 6.07) is 2.85. The van der Waals surface area contributed by atoms with E-state index in [2.05, 4.69) is 10.6 Å². The van der Waals surface area contributed by atoms with Gasteiger partial charge < -0.3 is 15.4 Å². The molecule has 1 aromatic heterocycles. The summed E-state index contributed by atoms with van der Waals surface area (Å²) in [6.07, 6.45) is 2.05. The fourth-order valence-electron chi connectivity index (χ4n) is 2.95. The minimum atomic E-state index is -0.669. The average Bonchev–Trinajstić information content (AvgIpc) is 3.40. The second-order valence-electron chi connectivity index (χ2n) is 6.71. The number of nitrogens with one attached hydrogen (secondary N) is 2. The molecule has 0 spiro atoms. The number of hydrogen-bond acceptors (Lipinski definition) is 5. The van der Waals surface area contributed by atoms with Crippen molar-refractivity contribution in [3.8, 4) is 0 Å². The van der Waals surface area contributed by atoms with Gasteiger partial charge in [-0.3, -0.25) is 4.79 Å². The van der Waals surface area contributed by atoms with Crippen LogP contribution in [0.1, 0.15) is 60.1 Å². The molecule has 1 aromatic carbocycles. The van der Waals surface area contributed by atoms with Crippen LogP contribution < -0.4 is 10.6 Å². The predicted octanol–water partition coefficient (Wildman–Crippen LogP) is 4.37. The molecule has 150 valence electrons. The molecule has 1 fully saturated rings. The van der Waals surface area contributed by atoms with Gasteiger partial charge in [0.1, 0.15) is 16.6 Å². The van der Waals surface area contributed by atoms with Gasteiger partial charge in [0.05, 0.1) is 18.7 Å². The van der Waals surface area contributed by atoms with Crippen LogP contribution in [0.5, 0.6) is 0 Å². The first-order valence-electron chi connectivity index (χ1n) is 9.17. The topological polar surface area (TPSA) is 67.4 Å². The molecule has 8 heteroatoms. The maximum Gasteiger partial charge on any atom is 0.341 e. The van der Waals surface area contributed by atoms with Crippen LogP contribution in [-0.4, -0.2) is 25.0 Å². The molecule has 1 amide bonds. The normalized spacial score (nSPS) is 14.6. The van der Waals surface area contributed by atoms with Crippen LogP contribution in [0.2, 0.25) is 0 Å². The number of carbonyl (C=O) groups excluding carboxylic acids is 2. The van der Waals surface area contributed by atoms with Gasteiger partial charge in [0.2, 0.25) is 5.91 Å². The Morgan fingerprint density at radius 1 is 1.32 bits per heavy atom. The van der Waals surface area contributed by atoms with Crippen molar-refractivity contribution in [2.45, 2.75) is 38.6 Å². The monoisotopic (exact) mass is 408 g/mol. The lowest BCUT2D eigenvalue weighted by atomic mass is 10.1. The van der Waals surface area contributed by atoms with Crippen LogP contribution in [-0.2, 0) is 9.53 Å². The smallest absolute Gasteiger partial charge is 0.341 e. The van der Waals surface area contributed by atoms with E-state index in [-0.39, 0.29) is 24.6 Å². The molecule has 1 aliphatic carbocycles. The first-order valence-corrected chi connectivity index (χ1v) is 10.0. The van der Waals surface area contributed by atoms with Crippen molar-refractivity contribution in [3.05, 3.63) is 51.9 Å². The molecule has 1 atom stereocenters. The second-order valence-corrected chi connectivity index (χ2v) is 7.59. The lowest BCUT2D eigenvalue weighted by Gasteiger charge is -2.15. The molecule has 1 aliphatic rings. The van der Waals surface area contributed by atoms with E-state index in [1.807, 2.05) is 5.38 Å². The molecule has 0 aliphatic heterocycles. The zero-order valence-electron chi connectivity index (χ0n) is 15.7. The highest BCUT2D eigenvalue weighted by molar-refractivity contribution is 7.15. The van der Waals surface area contributed by atoms with E-state index in [0.29, 0.717) is 16.5 Å². The summed E-state index contributed by atoms with van der Waals surface area (Å²) in [5, 5.41) is 8.01. The Hall–Kier alpha value is -2.32. The quantitative estimate of drug-likeness (QED) is 0.637. The van der Waals surface area contributed by atoms with E-state index in [4.69, 9.17) is 4.74 Å². The zero-order valence-corrected chi connectivity index (χ0v) is 16.5. The summed E-state index contributed by atoms with van der Waals surface area (Å²) < 4.78 is 32.0. The van der Waals surface area contributed by atoms with Gasteiger partial charge in [-0.1, -0.05) is 6.07 Å². The van der Waals surface area contributed by atoms with Crippen molar-refractivity contribution in [1.29, 1.82) is 0 Å². The molecule has 1 saturated carbocycles. The second kappa shape index (κ2) is 8.79.